The number of hydrogen-bond acceptors (Lipinski definition) is 5. The summed E-state index contributed by atoms with van der Waals surface area (Å²) >= 11 is 0. The van der Waals surface area contributed by atoms with Crippen molar-refractivity contribution in [2.45, 2.75) is 0 Å². The highest BCUT2D eigenvalue weighted by Gasteiger charge is 2.16. The lowest BCUT2D eigenvalue weighted by molar-refractivity contribution is -0.142. The van der Waals surface area contributed by atoms with E-state index in [-0.39, 0.29) is 5.57 Å². The smallest absolute Gasteiger partial charge is 0.349 e. The van der Waals surface area contributed by atoms with Crippen LogP contribution in [-0.4, -0.2) is 32.6 Å². The van der Waals surface area contributed by atoms with Crippen molar-refractivity contribution < 1.29 is 23.1 Å². The number of nitriles is 1. The Bertz CT molecular complexity index is 928. The van der Waals surface area contributed by atoms with Crippen molar-refractivity contribution in [1.29, 1.82) is 5.26 Å². The number of nitrogens with zero attached hydrogens (tertiary/aromatic N) is 2. The fourth-order valence-electron chi connectivity index (χ4n) is 2.17. The van der Waals surface area contributed by atoms with Crippen molar-refractivity contribution >= 4 is 29.3 Å². The lowest BCUT2D eigenvalue weighted by atomic mass is 10.1. The molecule has 1 N–H and O–H groups in total. The van der Waals surface area contributed by atoms with E-state index in [1.165, 1.54) is 6.08 Å². The number of ether oxygens (including phenoxy) is 1. The number of rotatable bonds is 6. The molecule has 2 aromatic rings. The Morgan fingerprint density at radius 2 is 1.75 bits per heavy atom. The largest absolute Gasteiger partial charge is 0.451 e. The summed E-state index contributed by atoms with van der Waals surface area (Å²) in [5, 5.41) is 11.1. The number of anilines is 2. The molecule has 0 heterocycles. The van der Waals surface area contributed by atoms with Crippen LogP contribution in [0.15, 0.2) is 48.0 Å². The van der Waals surface area contributed by atoms with Gasteiger partial charge in [0.25, 0.3) is 5.91 Å². The van der Waals surface area contributed by atoms with Gasteiger partial charge in [0.2, 0.25) is 0 Å². The van der Waals surface area contributed by atoms with E-state index in [4.69, 9.17) is 10.00 Å². The molecule has 8 heteroatoms. The number of para-hydroxylation sites is 1. The molecule has 0 saturated heterocycles. The number of carbonyl (C=O) groups is 2. The van der Waals surface area contributed by atoms with E-state index in [2.05, 4.69) is 0 Å². The fourth-order valence-corrected chi connectivity index (χ4v) is 2.17. The highest BCUT2D eigenvalue weighted by molar-refractivity contribution is 6.00. The van der Waals surface area contributed by atoms with Crippen LogP contribution in [0.3, 0.4) is 0 Å². The maximum atomic E-state index is 13.5. The summed E-state index contributed by atoms with van der Waals surface area (Å²) in [5.41, 5.74) is 0.579. The second-order valence-corrected chi connectivity index (χ2v) is 5.88. The van der Waals surface area contributed by atoms with Gasteiger partial charge in [0, 0.05) is 19.8 Å². The van der Waals surface area contributed by atoms with Crippen LogP contribution in [0, 0.1) is 23.0 Å². The fraction of sp³-hybridized carbons (Fsp3) is 0.150. The molecule has 144 valence electrons. The Balaban J connectivity index is 2.00. The van der Waals surface area contributed by atoms with Crippen LogP contribution in [0.25, 0.3) is 6.08 Å². The lowest BCUT2D eigenvalue weighted by Crippen LogP contribution is -2.22. The molecule has 0 aliphatic rings. The molecule has 0 aliphatic heterocycles. The monoisotopic (exact) mass is 385 g/mol. The zero-order valence-electron chi connectivity index (χ0n) is 15.2. The van der Waals surface area contributed by atoms with Crippen LogP contribution in [0.5, 0.6) is 0 Å². The molecule has 0 radical (unpaired) electrons. The molecule has 0 fully saturated rings. The topological polar surface area (TPSA) is 82.4 Å². The maximum absolute atomic E-state index is 13.5. The Morgan fingerprint density at radius 3 is 2.29 bits per heavy atom. The second-order valence-electron chi connectivity index (χ2n) is 5.88. The molecule has 6 nitrogen and oxygen atoms in total. The number of amides is 1. The second kappa shape index (κ2) is 9.28. The predicted octanol–water partition coefficient (Wildman–Crippen LogP) is 3.12. The first kappa shape index (κ1) is 20.6. The van der Waals surface area contributed by atoms with Crippen molar-refractivity contribution in [3.8, 4) is 6.07 Å². The molecule has 0 aliphatic carbocycles. The average Bonchev–Trinajstić information content (AvgIpc) is 2.67. The molecule has 2 rings (SSSR count). The van der Waals surface area contributed by atoms with Gasteiger partial charge in [-0.15, -0.1) is 0 Å². The van der Waals surface area contributed by atoms with Crippen molar-refractivity contribution in [1.82, 2.24) is 0 Å². The van der Waals surface area contributed by atoms with Gasteiger partial charge in [-0.2, -0.15) is 5.26 Å². The summed E-state index contributed by atoms with van der Waals surface area (Å²) in [4.78, 5) is 25.7. The van der Waals surface area contributed by atoms with Gasteiger partial charge >= 0.3 is 5.97 Å². The molecule has 28 heavy (non-hydrogen) atoms. The SMILES string of the molecule is CN(C)c1ccc(/C=C(\C#N)C(=O)OCC(=O)Nc2c(F)cccc2F)cc1. The van der Waals surface area contributed by atoms with E-state index in [1.54, 1.807) is 18.2 Å². The molecular weight excluding hydrogens is 368 g/mol. The first-order valence-corrected chi connectivity index (χ1v) is 8.12. The lowest BCUT2D eigenvalue weighted by Gasteiger charge is -2.11. The number of hydrogen-bond donors (Lipinski definition) is 1. The van der Waals surface area contributed by atoms with Gasteiger partial charge in [0.15, 0.2) is 6.61 Å². The number of esters is 1. The van der Waals surface area contributed by atoms with Gasteiger partial charge in [-0.3, -0.25) is 4.79 Å². The Kier molecular flexibility index (Phi) is 6.82. The van der Waals surface area contributed by atoms with E-state index in [9.17, 15) is 18.4 Å². The van der Waals surface area contributed by atoms with Gasteiger partial charge in [-0.1, -0.05) is 18.2 Å². The number of nitrogens with one attached hydrogen (secondary N) is 1. The summed E-state index contributed by atoms with van der Waals surface area (Å²) in [7, 11) is 3.75. The number of benzene rings is 2. The molecule has 0 aromatic heterocycles. The van der Waals surface area contributed by atoms with Crippen LogP contribution in [-0.2, 0) is 14.3 Å². The van der Waals surface area contributed by atoms with Crippen molar-refractivity contribution in [2.75, 3.05) is 30.9 Å². The van der Waals surface area contributed by atoms with Gasteiger partial charge in [-0.05, 0) is 35.9 Å². The minimum absolute atomic E-state index is 0.317. The van der Waals surface area contributed by atoms with Crippen LogP contribution >= 0.6 is 0 Å². The third-order valence-electron chi connectivity index (χ3n) is 3.62. The minimum atomic E-state index is -1.02. The van der Waals surface area contributed by atoms with E-state index < -0.39 is 35.8 Å². The number of carbonyl (C=O) groups excluding carboxylic acids is 2. The Morgan fingerprint density at radius 1 is 1.14 bits per heavy atom. The highest BCUT2D eigenvalue weighted by Crippen LogP contribution is 2.18. The summed E-state index contributed by atoms with van der Waals surface area (Å²) in [5.74, 6) is -3.88. The quantitative estimate of drug-likeness (QED) is 0.469. The van der Waals surface area contributed by atoms with Gasteiger partial charge in [0.05, 0.1) is 0 Å². The zero-order chi connectivity index (χ0) is 20.7. The third-order valence-corrected chi connectivity index (χ3v) is 3.62. The summed E-state index contributed by atoms with van der Waals surface area (Å²) in [6.07, 6.45) is 1.32. The van der Waals surface area contributed by atoms with E-state index >= 15 is 0 Å². The summed E-state index contributed by atoms with van der Waals surface area (Å²) < 4.78 is 31.7. The van der Waals surface area contributed by atoms with Gasteiger partial charge < -0.3 is 15.0 Å². The van der Waals surface area contributed by atoms with Crippen LogP contribution in [0.1, 0.15) is 5.56 Å². The first-order valence-electron chi connectivity index (χ1n) is 8.12. The van der Waals surface area contributed by atoms with Crippen LogP contribution in [0.4, 0.5) is 20.2 Å². The molecular formula is C20H17F2N3O3. The predicted molar refractivity (Wildman–Crippen MR) is 100 cm³/mol. The minimum Gasteiger partial charge on any atom is -0.451 e. The highest BCUT2D eigenvalue weighted by atomic mass is 19.1. The van der Waals surface area contributed by atoms with E-state index in [1.807, 2.05) is 36.4 Å². The average molecular weight is 385 g/mol. The van der Waals surface area contributed by atoms with Crippen molar-refractivity contribution in [3.05, 3.63) is 65.2 Å². The van der Waals surface area contributed by atoms with Crippen LogP contribution < -0.4 is 10.2 Å². The number of halogens is 2. The first-order chi connectivity index (χ1) is 13.3. The molecule has 0 atom stereocenters. The molecule has 0 bridgehead atoms. The van der Waals surface area contributed by atoms with Crippen LogP contribution in [0.2, 0.25) is 0 Å². The maximum Gasteiger partial charge on any atom is 0.349 e. The van der Waals surface area contributed by atoms with Crippen molar-refractivity contribution in [3.63, 3.8) is 0 Å². The molecule has 1 amide bonds. The summed E-state index contributed by atoms with van der Waals surface area (Å²) in [6, 6.07) is 11.8. The Labute approximate surface area is 160 Å². The normalized spacial score (nSPS) is 10.8. The van der Waals surface area contributed by atoms with Gasteiger partial charge in [0.1, 0.15) is 29.0 Å². The molecule has 0 unspecified atom stereocenters. The molecule has 0 spiro atoms. The van der Waals surface area contributed by atoms with Gasteiger partial charge in [-0.25, -0.2) is 13.6 Å². The Hall–Kier alpha value is -3.73. The zero-order valence-corrected chi connectivity index (χ0v) is 15.2. The molecule has 2 aromatic carbocycles. The van der Waals surface area contributed by atoms with Crippen molar-refractivity contribution in [2.24, 2.45) is 0 Å². The molecule has 0 saturated carbocycles. The standard InChI is InChI=1S/C20H17F2N3O3/c1-25(2)15-8-6-13(7-9-15)10-14(11-23)20(27)28-12-18(26)24-19-16(21)4-3-5-17(19)22/h3-10H,12H2,1-2H3,(H,24,26)/b14-10+. The van der Waals surface area contributed by atoms with E-state index in [0.717, 1.165) is 23.9 Å². The van der Waals surface area contributed by atoms with E-state index in [0.29, 0.717) is 5.56 Å². The third kappa shape index (κ3) is 5.38. The summed E-state index contributed by atoms with van der Waals surface area (Å²) in [6.45, 7) is -0.800.